The Kier molecular flexibility index (Phi) is 10.5. The first-order chi connectivity index (χ1) is 17.3. The van der Waals surface area contributed by atoms with Crippen molar-refractivity contribution in [3.8, 4) is 0 Å². The summed E-state index contributed by atoms with van der Waals surface area (Å²) in [6, 6.07) is 3.75. The SMILES string of the molecule is CCCC[C@H](CC)CN1C(=O)/C(=C/c2c(NCCCOC(C)C)nc3c(C)cccn3c2=O)SC1=S. The van der Waals surface area contributed by atoms with Gasteiger partial charge in [-0.15, -0.1) is 0 Å². The molecule has 1 saturated heterocycles. The fraction of sp³-hybridized carbons (Fsp3) is 0.556. The van der Waals surface area contributed by atoms with Crippen LogP contribution in [0.15, 0.2) is 28.0 Å². The Morgan fingerprint density at radius 2 is 2.03 bits per heavy atom. The Bertz CT molecular complexity index is 1180. The van der Waals surface area contributed by atoms with E-state index in [0.29, 0.717) is 51.9 Å². The van der Waals surface area contributed by atoms with Crippen LogP contribution in [0.2, 0.25) is 0 Å². The standard InChI is InChI=1S/C27H38N4O3S2/c1-6-8-12-20(7-2)17-31-26(33)22(36-27(31)35)16-21-23(28-13-10-15-34-18(3)4)29-24-19(5)11-9-14-30(24)25(21)32/h9,11,14,16,18,20,28H,6-8,10,12-13,15,17H2,1-5H3/b22-16-/t20-/m0/s1. The number of fused-ring (bicyclic) bond motifs is 1. The van der Waals surface area contributed by atoms with E-state index in [1.807, 2.05) is 32.9 Å². The summed E-state index contributed by atoms with van der Waals surface area (Å²) in [4.78, 5) is 33.8. The molecule has 1 fully saturated rings. The van der Waals surface area contributed by atoms with Crippen molar-refractivity contribution in [1.82, 2.24) is 14.3 Å². The second-order valence-electron chi connectivity index (χ2n) is 9.47. The minimum atomic E-state index is -0.218. The molecule has 2 aromatic rings. The van der Waals surface area contributed by atoms with Crippen molar-refractivity contribution in [2.24, 2.45) is 5.92 Å². The topological polar surface area (TPSA) is 75.9 Å². The van der Waals surface area contributed by atoms with Crippen LogP contribution in [-0.4, -0.2) is 50.3 Å². The van der Waals surface area contributed by atoms with E-state index < -0.39 is 0 Å². The van der Waals surface area contributed by atoms with Gasteiger partial charge >= 0.3 is 0 Å². The molecular formula is C27H38N4O3S2. The second-order valence-corrected chi connectivity index (χ2v) is 11.1. The molecule has 9 heteroatoms. The Morgan fingerprint density at radius 3 is 2.72 bits per heavy atom. The zero-order valence-corrected chi connectivity index (χ0v) is 23.6. The van der Waals surface area contributed by atoms with Crippen molar-refractivity contribution >= 4 is 51.7 Å². The van der Waals surface area contributed by atoms with Gasteiger partial charge in [-0.3, -0.25) is 18.9 Å². The minimum Gasteiger partial charge on any atom is -0.379 e. The molecule has 0 aliphatic carbocycles. The number of ether oxygens (including phenoxy) is 1. The molecule has 1 N–H and O–H groups in total. The summed E-state index contributed by atoms with van der Waals surface area (Å²) in [7, 11) is 0. The summed E-state index contributed by atoms with van der Waals surface area (Å²) in [5.74, 6) is 0.747. The lowest BCUT2D eigenvalue weighted by molar-refractivity contribution is -0.122. The fourth-order valence-corrected chi connectivity index (χ4v) is 5.40. The van der Waals surface area contributed by atoms with Crippen molar-refractivity contribution in [2.75, 3.05) is 25.0 Å². The second kappa shape index (κ2) is 13.4. The maximum absolute atomic E-state index is 13.5. The van der Waals surface area contributed by atoms with E-state index in [2.05, 4.69) is 19.2 Å². The number of hydrogen-bond acceptors (Lipinski definition) is 7. The van der Waals surface area contributed by atoms with E-state index in [9.17, 15) is 9.59 Å². The third-order valence-electron chi connectivity index (χ3n) is 6.28. The third kappa shape index (κ3) is 6.95. The molecule has 2 aromatic heterocycles. The Hall–Kier alpha value is -2.23. The van der Waals surface area contributed by atoms with Gasteiger partial charge in [0.05, 0.1) is 16.6 Å². The van der Waals surface area contributed by atoms with Gasteiger partial charge in [-0.25, -0.2) is 4.98 Å². The largest absolute Gasteiger partial charge is 0.379 e. The first-order valence-corrected chi connectivity index (χ1v) is 14.1. The minimum absolute atomic E-state index is 0.134. The van der Waals surface area contributed by atoms with Crippen molar-refractivity contribution in [1.29, 1.82) is 0 Å². The van der Waals surface area contributed by atoms with Gasteiger partial charge in [0, 0.05) is 25.9 Å². The summed E-state index contributed by atoms with van der Waals surface area (Å²) in [5, 5.41) is 3.31. The van der Waals surface area contributed by atoms with E-state index in [1.165, 1.54) is 16.2 Å². The highest BCUT2D eigenvalue weighted by Gasteiger charge is 2.33. The van der Waals surface area contributed by atoms with E-state index in [-0.39, 0.29) is 17.6 Å². The predicted molar refractivity (Wildman–Crippen MR) is 154 cm³/mol. The average molecular weight is 531 g/mol. The lowest BCUT2D eigenvalue weighted by atomic mass is 9.99. The van der Waals surface area contributed by atoms with E-state index in [4.69, 9.17) is 21.9 Å². The van der Waals surface area contributed by atoms with E-state index >= 15 is 0 Å². The lowest BCUT2D eigenvalue weighted by Gasteiger charge is -2.21. The zero-order valence-electron chi connectivity index (χ0n) is 22.0. The average Bonchev–Trinajstić information content (AvgIpc) is 3.11. The molecule has 0 spiro atoms. The van der Waals surface area contributed by atoms with Crippen LogP contribution in [0.4, 0.5) is 5.82 Å². The lowest BCUT2D eigenvalue weighted by Crippen LogP contribution is -2.33. The van der Waals surface area contributed by atoms with Gasteiger partial charge in [-0.2, -0.15) is 0 Å². The molecule has 0 bridgehead atoms. The number of nitrogens with one attached hydrogen (secondary N) is 1. The van der Waals surface area contributed by atoms with Crippen LogP contribution in [-0.2, 0) is 9.53 Å². The smallest absolute Gasteiger partial charge is 0.267 e. The van der Waals surface area contributed by atoms with Crippen LogP contribution >= 0.6 is 24.0 Å². The third-order valence-corrected chi connectivity index (χ3v) is 7.66. The van der Waals surface area contributed by atoms with Crippen LogP contribution in [0.5, 0.6) is 0 Å². The number of anilines is 1. The number of rotatable bonds is 13. The Labute approximate surface area is 223 Å². The highest BCUT2D eigenvalue weighted by Crippen LogP contribution is 2.34. The van der Waals surface area contributed by atoms with E-state index in [0.717, 1.165) is 37.7 Å². The zero-order chi connectivity index (χ0) is 26.2. The quantitative estimate of drug-likeness (QED) is 0.204. The first-order valence-electron chi connectivity index (χ1n) is 12.9. The molecule has 1 aliphatic heterocycles. The number of nitrogens with zero attached hydrogens (tertiary/aromatic N) is 3. The van der Waals surface area contributed by atoms with Gasteiger partial charge in [0.1, 0.15) is 15.8 Å². The van der Waals surface area contributed by atoms with Gasteiger partial charge in [0.15, 0.2) is 0 Å². The van der Waals surface area contributed by atoms with Crippen LogP contribution in [0, 0.1) is 12.8 Å². The number of carbonyl (C=O) groups is 1. The normalized spacial score (nSPS) is 16.1. The molecule has 0 radical (unpaired) electrons. The van der Waals surface area contributed by atoms with Crippen LogP contribution in [0.25, 0.3) is 11.7 Å². The van der Waals surface area contributed by atoms with Gasteiger partial charge < -0.3 is 10.1 Å². The molecule has 3 rings (SSSR count). The van der Waals surface area contributed by atoms with Crippen molar-refractivity contribution in [2.45, 2.75) is 72.8 Å². The summed E-state index contributed by atoms with van der Waals surface area (Å²) in [5.41, 5.74) is 1.64. The molecule has 3 heterocycles. The van der Waals surface area contributed by atoms with Crippen molar-refractivity contribution in [3.63, 3.8) is 0 Å². The summed E-state index contributed by atoms with van der Waals surface area (Å²) in [6.45, 7) is 12.1. The number of unbranched alkanes of at least 4 members (excludes halogenated alkanes) is 1. The number of thiocarbonyl (C=S) groups is 1. The number of amides is 1. The maximum atomic E-state index is 13.5. The maximum Gasteiger partial charge on any atom is 0.267 e. The Balaban J connectivity index is 1.92. The van der Waals surface area contributed by atoms with Gasteiger partial charge in [0.2, 0.25) is 0 Å². The monoisotopic (exact) mass is 530 g/mol. The molecular weight excluding hydrogens is 492 g/mol. The molecule has 196 valence electrons. The van der Waals surface area contributed by atoms with Crippen molar-refractivity contribution < 1.29 is 9.53 Å². The number of aromatic nitrogens is 2. The molecule has 0 saturated carbocycles. The molecule has 1 amide bonds. The number of thioether (sulfide) groups is 1. The van der Waals surface area contributed by atoms with Crippen molar-refractivity contribution in [3.05, 3.63) is 44.7 Å². The molecule has 0 unspecified atom stereocenters. The molecule has 0 aromatic carbocycles. The number of carbonyl (C=O) groups excluding carboxylic acids is 1. The number of aryl methyl sites for hydroxylation is 1. The molecule has 36 heavy (non-hydrogen) atoms. The van der Waals surface area contributed by atoms with Gasteiger partial charge in [0.25, 0.3) is 11.5 Å². The summed E-state index contributed by atoms with van der Waals surface area (Å²) in [6.07, 6.45) is 8.65. The summed E-state index contributed by atoms with van der Waals surface area (Å²) < 4.78 is 7.71. The van der Waals surface area contributed by atoms with Gasteiger partial charge in [-0.1, -0.05) is 63.2 Å². The molecule has 1 atom stereocenters. The predicted octanol–water partition coefficient (Wildman–Crippen LogP) is 5.65. The highest BCUT2D eigenvalue weighted by molar-refractivity contribution is 8.26. The number of hydrogen-bond donors (Lipinski definition) is 1. The van der Waals surface area contributed by atoms with Gasteiger partial charge in [-0.05, 0) is 57.2 Å². The van der Waals surface area contributed by atoms with Crippen LogP contribution in [0.3, 0.4) is 0 Å². The van der Waals surface area contributed by atoms with Crippen LogP contribution < -0.4 is 10.9 Å². The van der Waals surface area contributed by atoms with Crippen LogP contribution in [0.1, 0.15) is 70.9 Å². The fourth-order valence-electron chi connectivity index (χ4n) is 4.14. The van der Waals surface area contributed by atoms with E-state index in [1.54, 1.807) is 17.2 Å². The highest BCUT2D eigenvalue weighted by atomic mass is 32.2. The number of pyridine rings is 1. The molecule has 1 aliphatic rings. The summed E-state index contributed by atoms with van der Waals surface area (Å²) >= 11 is 6.83. The Morgan fingerprint density at radius 1 is 1.25 bits per heavy atom. The molecule has 7 nitrogen and oxygen atoms in total. The first kappa shape index (κ1) is 28.3.